The second-order valence-electron chi connectivity index (χ2n) is 7.58. The fourth-order valence-corrected chi connectivity index (χ4v) is 2.99. The normalized spacial score (nSPS) is 10.8. The lowest BCUT2D eigenvalue weighted by atomic mass is 10.1. The van der Waals surface area contributed by atoms with Gasteiger partial charge in [0.25, 0.3) is 11.8 Å². The maximum absolute atomic E-state index is 12.5. The van der Waals surface area contributed by atoms with Crippen LogP contribution in [0.15, 0.2) is 53.5 Å². The highest BCUT2D eigenvalue weighted by molar-refractivity contribution is 5.96. The first-order valence-electron chi connectivity index (χ1n) is 10.2. The molecule has 0 aliphatic carbocycles. The van der Waals surface area contributed by atoms with Crippen LogP contribution in [0, 0.1) is 5.92 Å². The molecule has 0 spiro atoms. The van der Waals surface area contributed by atoms with E-state index in [9.17, 15) is 14.4 Å². The van der Waals surface area contributed by atoms with Gasteiger partial charge in [0.05, 0.1) is 25.4 Å². The minimum absolute atomic E-state index is 0.174. The van der Waals surface area contributed by atoms with Crippen molar-refractivity contribution in [2.75, 3.05) is 13.7 Å². The molecule has 0 unspecified atom stereocenters. The van der Waals surface area contributed by atoms with Gasteiger partial charge in [-0.15, -0.1) is 0 Å². The summed E-state index contributed by atoms with van der Waals surface area (Å²) in [5.41, 5.74) is 5.33. The van der Waals surface area contributed by atoms with Gasteiger partial charge in [-0.3, -0.25) is 29.9 Å². The van der Waals surface area contributed by atoms with E-state index >= 15 is 0 Å². The molecule has 0 atom stereocenters. The molecule has 32 heavy (non-hydrogen) atoms. The Hall–Kier alpha value is -3.88. The average molecular weight is 438 g/mol. The zero-order chi connectivity index (χ0) is 23.1. The van der Waals surface area contributed by atoms with Crippen molar-refractivity contribution >= 4 is 22.7 Å². The van der Waals surface area contributed by atoms with Crippen molar-refractivity contribution < 1.29 is 19.1 Å². The Kier molecular flexibility index (Phi) is 7.43. The average Bonchev–Trinajstić information content (AvgIpc) is 2.79. The topological polar surface area (TPSA) is 112 Å². The van der Waals surface area contributed by atoms with Crippen LogP contribution in [0.3, 0.4) is 0 Å². The number of aromatic nitrogens is 2. The van der Waals surface area contributed by atoms with Gasteiger partial charge in [-0.25, -0.2) is 0 Å². The molecule has 9 heteroatoms. The Labute approximate surface area is 185 Å². The van der Waals surface area contributed by atoms with E-state index in [1.165, 1.54) is 11.8 Å². The van der Waals surface area contributed by atoms with Crippen LogP contribution in [0.25, 0.3) is 10.9 Å². The number of hydrazine groups is 1. The summed E-state index contributed by atoms with van der Waals surface area (Å²) in [4.78, 5) is 36.7. The summed E-state index contributed by atoms with van der Waals surface area (Å²) in [5, 5.41) is 4.46. The summed E-state index contributed by atoms with van der Waals surface area (Å²) in [7, 11) is 1.50. The van der Waals surface area contributed by atoms with Crippen LogP contribution in [0.1, 0.15) is 30.6 Å². The maximum Gasteiger partial charge on any atom is 0.269 e. The largest absolute Gasteiger partial charge is 0.493 e. The molecule has 0 aliphatic rings. The summed E-state index contributed by atoms with van der Waals surface area (Å²) < 4.78 is 12.4. The third-order valence-electron chi connectivity index (χ3n) is 4.75. The highest BCUT2D eigenvalue weighted by Crippen LogP contribution is 2.28. The van der Waals surface area contributed by atoms with Crippen molar-refractivity contribution in [3.05, 3.63) is 64.4 Å². The number of fused-ring (bicyclic) bond motifs is 1. The molecule has 3 rings (SSSR count). The Balaban J connectivity index is 1.61. The number of ether oxygens (including phenoxy) is 2. The van der Waals surface area contributed by atoms with Crippen molar-refractivity contribution in [2.24, 2.45) is 5.92 Å². The third-order valence-corrected chi connectivity index (χ3v) is 4.75. The molecular weight excluding hydrogens is 412 g/mol. The number of para-hydroxylation sites is 1. The molecule has 2 N–H and O–H groups in total. The maximum atomic E-state index is 12.5. The molecule has 0 aliphatic heterocycles. The lowest BCUT2D eigenvalue weighted by molar-refractivity contribution is -0.122. The van der Waals surface area contributed by atoms with Crippen molar-refractivity contribution in [2.45, 2.75) is 26.8 Å². The number of hydrogen-bond donors (Lipinski definition) is 2. The molecule has 3 aromatic rings. The Morgan fingerprint density at radius 2 is 1.88 bits per heavy atom. The van der Waals surface area contributed by atoms with Gasteiger partial charge in [0.15, 0.2) is 11.5 Å². The summed E-state index contributed by atoms with van der Waals surface area (Å²) in [6, 6.07) is 11.7. The fraction of sp³-hybridized carbons (Fsp3) is 0.304. The molecule has 1 aromatic heterocycles. The van der Waals surface area contributed by atoms with Crippen LogP contribution < -0.4 is 25.8 Å². The minimum Gasteiger partial charge on any atom is -0.493 e. The second kappa shape index (κ2) is 10.4. The van der Waals surface area contributed by atoms with Gasteiger partial charge in [0.2, 0.25) is 5.43 Å². The summed E-state index contributed by atoms with van der Waals surface area (Å²) in [6.07, 6.45) is 2.06. The number of hydrogen-bond acceptors (Lipinski definition) is 6. The number of nitrogens with zero attached hydrogens (tertiary/aromatic N) is 2. The first-order valence-corrected chi connectivity index (χ1v) is 10.2. The molecular formula is C23H26N4O5. The van der Waals surface area contributed by atoms with Gasteiger partial charge in [0, 0.05) is 10.9 Å². The van der Waals surface area contributed by atoms with E-state index in [2.05, 4.69) is 29.8 Å². The van der Waals surface area contributed by atoms with Gasteiger partial charge < -0.3 is 9.47 Å². The molecule has 1 heterocycles. The number of carbonyl (C=O) groups excluding carboxylic acids is 2. The summed E-state index contributed by atoms with van der Waals surface area (Å²) in [5.74, 6) is 0.476. The smallest absolute Gasteiger partial charge is 0.269 e. The molecule has 0 saturated heterocycles. The zero-order valence-corrected chi connectivity index (χ0v) is 18.3. The van der Waals surface area contributed by atoms with Crippen molar-refractivity contribution in [1.82, 2.24) is 20.6 Å². The molecule has 0 bridgehead atoms. The standard InChI is InChI=1S/C23H26N4O5/c1-15(2)10-11-32-20-9-8-16(12-21(20)31-3)23(30)26-25-22(29)14-27-18-7-5-4-6-17(18)19(28)13-24-27/h4-9,12-13,15H,10-11,14H2,1-3H3,(H,25,29)(H,26,30). The van der Waals surface area contributed by atoms with Crippen LogP contribution in [0.2, 0.25) is 0 Å². The number of rotatable bonds is 8. The van der Waals surface area contributed by atoms with Gasteiger partial charge >= 0.3 is 0 Å². The van der Waals surface area contributed by atoms with Crippen LogP contribution in [-0.2, 0) is 11.3 Å². The van der Waals surface area contributed by atoms with Crippen molar-refractivity contribution in [3.8, 4) is 11.5 Å². The first kappa shape index (κ1) is 22.8. The number of nitrogens with one attached hydrogen (secondary N) is 2. The highest BCUT2D eigenvalue weighted by atomic mass is 16.5. The number of amides is 2. The van der Waals surface area contributed by atoms with Crippen LogP contribution in [0.5, 0.6) is 11.5 Å². The Morgan fingerprint density at radius 3 is 2.62 bits per heavy atom. The van der Waals surface area contributed by atoms with Gasteiger partial charge in [-0.1, -0.05) is 26.0 Å². The number of benzene rings is 2. The minimum atomic E-state index is -0.511. The van der Waals surface area contributed by atoms with E-state index in [1.807, 2.05) is 0 Å². The van der Waals surface area contributed by atoms with E-state index in [0.29, 0.717) is 40.5 Å². The Morgan fingerprint density at radius 1 is 1.09 bits per heavy atom. The monoisotopic (exact) mass is 438 g/mol. The highest BCUT2D eigenvalue weighted by Gasteiger charge is 2.13. The van der Waals surface area contributed by atoms with Crippen LogP contribution in [-0.4, -0.2) is 35.3 Å². The van der Waals surface area contributed by atoms with E-state index in [1.54, 1.807) is 42.5 Å². The zero-order valence-electron chi connectivity index (χ0n) is 18.3. The predicted molar refractivity (Wildman–Crippen MR) is 120 cm³/mol. The molecule has 168 valence electrons. The quantitative estimate of drug-likeness (QED) is 0.522. The molecule has 0 saturated carbocycles. The van der Waals surface area contributed by atoms with Crippen LogP contribution in [0.4, 0.5) is 0 Å². The SMILES string of the molecule is COc1cc(C(=O)NNC(=O)Cn2ncc(=O)c3ccccc32)ccc1OCCC(C)C. The van der Waals surface area contributed by atoms with Crippen molar-refractivity contribution in [3.63, 3.8) is 0 Å². The molecule has 0 radical (unpaired) electrons. The van der Waals surface area contributed by atoms with Gasteiger partial charge in [0.1, 0.15) is 6.54 Å². The van der Waals surface area contributed by atoms with Crippen molar-refractivity contribution in [1.29, 1.82) is 0 Å². The molecule has 2 aromatic carbocycles. The fourth-order valence-electron chi connectivity index (χ4n) is 2.99. The van der Waals surface area contributed by atoms with E-state index in [-0.39, 0.29) is 12.0 Å². The predicted octanol–water partition coefficient (Wildman–Crippen LogP) is 2.29. The van der Waals surface area contributed by atoms with E-state index in [0.717, 1.165) is 12.6 Å². The van der Waals surface area contributed by atoms with E-state index in [4.69, 9.17) is 9.47 Å². The summed E-state index contributed by atoms with van der Waals surface area (Å²) >= 11 is 0. The Bertz CT molecular complexity index is 1170. The first-order chi connectivity index (χ1) is 15.4. The van der Waals surface area contributed by atoms with Gasteiger partial charge in [-0.05, 0) is 42.7 Å². The van der Waals surface area contributed by atoms with E-state index < -0.39 is 11.8 Å². The second-order valence-corrected chi connectivity index (χ2v) is 7.58. The lowest BCUT2D eigenvalue weighted by Gasteiger charge is -2.14. The summed E-state index contributed by atoms with van der Waals surface area (Å²) in [6.45, 7) is 4.59. The number of methoxy groups -OCH3 is 1. The lowest BCUT2D eigenvalue weighted by Crippen LogP contribution is -2.43. The van der Waals surface area contributed by atoms with Crippen LogP contribution >= 0.6 is 0 Å². The van der Waals surface area contributed by atoms with Gasteiger partial charge in [-0.2, -0.15) is 5.10 Å². The molecule has 0 fully saturated rings. The third kappa shape index (κ3) is 5.63. The number of carbonyl (C=O) groups is 2. The molecule has 2 amide bonds. The molecule has 9 nitrogen and oxygen atoms in total.